The summed E-state index contributed by atoms with van der Waals surface area (Å²) < 4.78 is 4.59. The normalized spacial score (nSPS) is 15.5. The average Bonchev–Trinajstić information content (AvgIpc) is 3.33. The molecule has 7 heteroatoms. The maximum atomic E-state index is 13.3. The third-order valence-corrected chi connectivity index (χ3v) is 8.17. The zero-order valence-corrected chi connectivity index (χ0v) is 20.5. The van der Waals surface area contributed by atoms with E-state index in [0.717, 1.165) is 54.0 Å². The van der Waals surface area contributed by atoms with Crippen molar-refractivity contribution in [1.82, 2.24) is 14.3 Å². The van der Waals surface area contributed by atoms with Gasteiger partial charge in [-0.15, -0.1) is 11.3 Å². The van der Waals surface area contributed by atoms with Gasteiger partial charge < -0.3 is 5.32 Å². The molecule has 2 aromatic carbocycles. The van der Waals surface area contributed by atoms with Gasteiger partial charge in [0.2, 0.25) is 5.91 Å². The van der Waals surface area contributed by atoms with Crippen LogP contribution in [0.4, 0.5) is 5.69 Å². The van der Waals surface area contributed by atoms with Crippen molar-refractivity contribution in [2.24, 2.45) is 12.5 Å². The highest BCUT2D eigenvalue weighted by Gasteiger charge is 2.36. The molecule has 34 heavy (non-hydrogen) atoms. The van der Waals surface area contributed by atoms with Crippen LogP contribution in [-0.2, 0) is 18.3 Å². The number of anilines is 1. The highest BCUT2D eigenvalue weighted by molar-refractivity contribution is 7.18. The van der Waals surface area contributed by atoms with Crippen LogP contribution in [0.5, 0.6) is 0 Å². The number of hydrogen-bond donors (Lipinski definition) is 1. The Morgan fingerprint density at radius 3 is 2.50 bits per heavy atom. The fourth-order valence-electron chi connectivity index (χ4n) is 5.27. The lowest BCUT2D eigenvalue weighted by Crippen LogP contribution is -2.33. The second kappa shape index (κ2) is 9.22. The summed E-state index contributed by atoms with van der Waals surface area (Å²) in [7, 11) is 1.84. The van der Waals surface area contributed by atoms with E-state index < -0.39 is 0 Å². The van der Waals surface area contributed by atoms with Gasteiger partial charge in [0.25, 0.3) is 5.56 Å². The SMILES string of the molecule is Cc1c(NC(=O)CC2(Cc3nc4ccccc4s3)CCCCC2)c(=O)n(-c2ccccc2)n1C. The molecule has 0 aliphatic heterocycles. The lowest BCUT2D eigenvalue weighted by molar-refractivity contribution is -0.119. The van der Waals surface area contributed by atoms with Gasteiger partial charge in [0.1, 0.15) is 5.69 Å². The van der Waals surface area contributed by atoms with Crippen molar-refractivity contribution in [3.8, 4) is 5.69 Å². The largest absolute Gasteiger partial charge is 0.320 e. The molecule has 0 radical (unpaired) electrons. The van der Waals surface area contributed by atoms with Crippen LogP contribution in [-0.4, -0.2) is 20.3 Å². The maximum Gasteiger partial charge on any atom is 0.295 e. The summed E-state index contributed by atoms with van der Waals surface area (Å²) in [6.45, 7) is 1.87. The fraction of sp³-hybridized carbons (Fsp3) is 0.370. The van der Waals surface area contributed by atoms with E-state index in [9.17, 15) is 9.59 Å². The minimum absolute atomic E-state index is 0.0889. The van der Waals surface area contributed by atoms with Gasteiger partial charge in [-0.3, -0.25) is 14.3 Å². The van der Waals surface area contributed by atoms with Crippen molar-refractivity contribution >= 4 is 33.1 Å². The summed E-state index contributed by atoms with van der Waals surface area (Å²) in [6.07, 6.45) is 6.70. The Morgan fingerprint density at radius 1 is 1.06 bits per heavy atom. The minimum atomic E-state index is -0.205. The highest BCUT2D eigenvalue weighted by atomic mass is 32.1. The van der Waals surface area contributed by atoms with E-state index in [1.54, 1.807) is 20.7 Å². The van der Waals surface area contributed by atoms with Crippen molar-refractivity contribution in [2.75, 3.05) is 5.32 Å². The van der Waals surface area contributed by atoms with Crippen molar-refractivity contribution in [2.45, 2.75) is 51.9 Å². The van der Waals surface area contributed by atoms with Crippen LogP contribution in [0.15, 0.2) is 59.4 Å². The van der Waals surface area contributed by atoms with Crippen LogP contribution in [0, 0.1) is 12.3 Å². The van der Waals surface area contributed by atoms with E-state index in [-0.39, 0.29) is 16.9 Å². The molecular formula is C27H30N4O2S. The van der Waals surface area contributed by atoms with Gasteiger partial charge in [0, 0.05) is 19.9 Å². The van der Waals surface area contributed by atoms with E-state index in [0.29, 0.717) is 12.1 Å². The molecule has 5 rings (SSSR count). The molecule has 0 atom stereocenters. The number of para-hydroxylation sites is 2. The third-order valence-electron chi connectivity index (χ3n) is 7.13. The minimum Gasteiger partial charge on any atom is -0.320 e. The maximum absolute atomic E-state index is 13.3. The number of nitrogens with zero attached hydrogens (tertiary/aromatic N) is 3. The number of rotatable bonds is 6. The first-order chi connectivity index (χ1) is 16.5. The Bertz CT molecular complexity index is 1340. The molecule has 1 aliphatic rings. The molecule has 1 fully saturated rings. The van der Waals surface area contributed by atoms with E-state index in [1.807, 2.05) is 62.5 Å². The van der Waals surface area contributed by atoms with Crippen LogP contribution < -0.4 is 10.9 Å². The summed E-state index contributed by atoms with van der Waals surface area (Å²) >= 11 is 1.73. The van der Waals surface area contributed by atoms with E-state index in [4.69, 9.17) is 4.98 Å². The third kappa shape index (κ3) is 4.32. The van der Waals surface area contributed by atoms with Crippen molar-refractivity contribution in [1.29, 1.82) is 0 Å². The van der Waals surface area contributed by atoms with Gasteiger partial charge in [0.05, 0.1) is 26.6 Å². The van der Waals surface area contributed by atoms with E-state index >= 15 is 0 Å². The fourth-order valence-corrected chi connectivity index (χ4v) is 6.41. The molecule has 176 valence electrons. The van der Waals surface area contributed by atoms with Crippen LogP contribution in [0.1, 0.15) is 49.2 Å². The Hall–Kier alpha value is -3.19. The lowest BCUT2D eigenvalue weighted by atomic mass is 9.69. The highest BCUT2D eigenvalue weighted by Crippen LogP contribution is 2.43. The Labute approximate surface area is 203 Å². The Morgan fingerprint density at radius 2 is 1.76 bits per heavy atom. The molecule has 2 aromatic heterocycles. The molecule has 1 amide bonds. The zero-order valence-electron chi connectivity index (χ0n) is 19.7. The summed E-state index contributed by atoms with van der Waals surface area (Å²) in [5, 5.41) is 4.08. The number of hydrogen-bond acceptors (Lipinski definition) is 4. The van der Waals surface area contributed by atoms with Crippen LogP contribution in [0.25, 0.3) is 15.9 Å². The summed E-state index contributed by atoms with van der Waals surface area (Å²) in [6, 6.07) is 17.7. The molecule has 1 saturated carbocycles. The van der Waals surface area contributed by atoms with Gasteiger partial charge >= 0.3 is 0 Å². The number of thiazole rings is 1. The monoisotopic (exact) mass is 474 g/mol. The van der Waals surface area contributed by atoms with Gasteiger partial charge in [-0.1, -0.05) is 49.6 Å². The molecule has 2 heterocycles. The predicted molar refractivity (Wildman–Crippen MR) is 138 cm³/mol. The van der Waals surface area contributed by atoms with Crippen molar-refractivity contribution < 1.29 is 4.79 Å². The first-order valence-corrected chi connectivity index (χ1v) is 12.8. The van der Waals surface area contributed by atoms with Crippen molar-refractivity contribution in [3.63, 3.8) is 0 Å². The average molecular weight is 475 g/mol. The number of aromatic nitrogens is 3. The number of carbonyl (C=O) groups excluding carboxylic acids is 1. The molecular weight excluding hydrogens is 444 g/mol. The van der Waals surface area contributed by atoms with E-state index in [2.05, 4.69) is 11.4 Å². The molecule has 4 aromatic rings. The molecule has 0 unspecified atom stereocenters. The quantitative estimate of drug-likeness (QED) is 0.395. The van der Waals surface area contributed by atoms with Gasteiger partial charge in [-0.25, -0.2) is 9.67 Å². The van der Waals surface area contributed by atoms with Crippen LogP contribution >= 0.6 is 11.3 Å². The van der Waals surface area contributed by atoms with Gasteiger partial charge in [0.15, 0.2) is 0 Å². The molecule has 6 nitrogen and oxygen atoms in total. The first-order valence-electron chi connectivity index (χ1n) is 11.9. The zero-order chi connectivity index (χ0) is 23.7. The number of nitrogens with one attached hydrogen (secondary N) is 1. The summed E-state index contributed by atoms with van der Waals surface area (Å²) in [5.41, 5.74) is 2.59. The first kappa shape index (κ1) is 22.6. The smallest absolute Gasteiger partial charge is 0.295 e. The number of fused-ring (bicyclic) bond motifs is 1. The summed E-state index contributed by atoms with van der Waals surface area (Å²) in [5.74, 6) is -0.0889. The topological polar surface area (TPSA) is 68.9 Å². The van der Waals surface area contributed by atoms with Crippen molar-refractivity contribution in [3.05, 3.63) is 75.7 Å². The molecule has 0 saturated heterocycles. The Balaban J connectivity index is 1.39. The molecule has 0 spiro atoms. The molecule has 1 N–H and O–H groups in total. The molecule has 1 aliphatic carbocycles. The number of amides is 1. The lowest BCUT2D eigenvalue weighted by Gasteiger charge is -2.36. The van der Waals surface area contributed by atoms with Crippen LogP contribution in [0.2, 0.25) is 0 Å². The predicted octanol–water partition coefficient (Wildman–Crippen LogP) is 5.62. The summed E-state index contributed by atoms with van der Waals surface area (Å²) in [4.78, 5) is 31.4. The molecule has 0 bridgehead atoms. The second-order valence-corrected chi connectivity index (χ2v) is 10.6. The second-order valence-electron chi connectivity index (χ2n) is 9.47. The van der Waals surface area contributed by atoms with E-state index in [1.165, 1.54) is 11.1 Å². The van der Waals surface area contributed by atoms with Gasteiger partial charge in [-0.2, -0.15) is 0 Å². The van der Waals surface area contributed by atoms with Crippen LogP contribution in [0.3, 0.4) is 0 Å². The Kier molecular flexibility index (Phi) is 6.13. The number of benzene rings is 2. The number of carbonyl (C=O) groups is 1. The standard InChI is InChI=1S/C27H30N4O2S/c1-19-25(26(33)31(30(19)2)20-11-5-3-6-12-20)29-23(32)17-27(15-9-4-10-16-27)18-24-28-21-13-7-8-14-22(21)34-24/h3,5-8,11-14H,4,9-10,15-18H2,1-2H3,(H,29,32). The van der Waals surface area contributed by atoms with Gasteiger partial charge in [-0.05, 0) is 49.4 Å².